The van der Waals surface area contributed by atoms with E-state index in [1.807, 2.05) is 6.07 Å². The number of nitrogens with one attached hydrogen (secondary N) is 2. The molecule has 2 aromatic rings. The molecule has 1 amide bonds. The monoisotopic (exact) mass is 303 g/mol. The summed E-state index contributed by atoms with van der Waals surface area (Å²) < 4.78 is 14.9. The van der Waals surface area contributed by atoms with Gasteiger partial charge in [-0.05, 0) is 24.3 Å². The van der Waals surface area contributed by atoms with Crippen molar-refractivity contribution in [1.29, 1.82) is 0 Å². The number of rotatable bonds is 5. The number of carbonyl (C=O) groups is 1. The Morgan fingerprint density at radius 2 is 1.73 bits per heavy atom. The molecule has 1 heterocycles. The third-order valence-electron chi connectivity index (χ3n) is 2.85. The van der Waals surface area contributed by atoms with E-state index in [4.69, 9.17) is 9.47 Å². The number of benzene rings is 1. The van der Waals surface area contributed by atoms with Gasteiger partial charge >= 0.3 is 6.09 Å². The van der Waals surface area contributed by atoms with E-state index in [2.05, 4.69) is 20.4 Å². The summed E-state index contributed by atoms with van der Waals surface area (Å²) in [6, 6.07) is 8.91. The molecule has 0 radical (unpaired) electrons. The molecule has 0 bridgehead atoms. The van der Waals surface area contributed by atoms with Crippen LogP contribution in [-0.4, -0.2) is 32.4 Å². The van der Waals surface area contributed by atoms with Gasteiger partial charge in [0.05, 0.1) is 33.2 Å². The van der Waals surface area contributed by atoms with Gasteiger partial charge in [-0.25, -0.2) is 9.78 Å². The average Bonchev–Trinajstić information content (AvgIpc) is 2.56. The van der Waals surface area contributed by atoms with E-state index >= 15 is 0 Å². The highest BCUT2D eigenvalue weighted by Gasteiger charge is 2.06. The van der Waals surface area contributed by atoms with Crippen molar-refractivity contribution in [3.05, 3.63) is 36.5 Å². The highest BCUT2D eigenvalue weighted by atomic mass is 16.5. The Labute approximate surface area is 128 Å². The maximum atomic E-state index is 11.1. The van der Waals surface area contributed by atoms with Crippen molar-refractivity contribution in [3.8, 4) is 11.5 Å². The third kappa shape index (κ3) is 3.78. The molecule has 0 spiro atoms. The summed E-state index contributed by atoms with van der Waals surface area (Å²) in [5, 5.41) is 5.66. The van der Waals surface area contributed by atoms with Gasteiger partial charge in [0, 0.05) is 11.8 Å². The Bertz CT molecular complexity index is 644. The van der Waals surface area contributed by atoms with Crippen LogP contribution in [0.5, 0.6) is 11.5 Å². The van der Waals surface area contributed by atoms with Crippen LogP contribution in [0, 0.1) is 0 Å². The minimum absolute atomic E-state index is 0.539. The van der Waals surface area contributed by atoms with Crippen molar-refractivity contribution >= 4 is 23.3 Å². The molecule has 0 unspecified atom stereocenters. The zero-order chi connectivity index (χ0) is 15.9. The SMILES string of the molecule is COC(=O)Nc1ccc(Nc2ccc(OC)c(OC)c2)nc1. The van der Waals surface area contributed by atoms with Crippen LogP contribution in [0.2, 0.25) is 0 Å². The van der Waals surface area contributed by atoms with Crippen molar-refractivity contribution in [3.63, 3.8) is 0 Å². The van der Waals surface area contributed by atoms with E-state index in [0.29, 0.717) is 23.0 Å². The summed E-state index contributed by atoms with van der Waals surface area (Å²) in [6.45, 7) is 0. The fraction of sp³-hybridized carbons (Fsp3) is 0.200. The molecule has 0 aliphatic rings. The summed E-state index contributed by atoms with van der Waals surface area (Å²) in [5.74, 6) is 1.90. The molecule has 1 aromatic carbocycles. The molecular formula is C15H17N3O4. The van der Waals surface area contributed by atoms with Gasteiger partial charge in [-0.1, -0.05) is 0 Å². The molecule has 7 heteroatoms. The third-order valence-corrected chi connectivity index (χ3v) is 2.85. The van der Waals surface area contributed by atoms with Crippen LogP contribution >= 0.6 is 0 Å². The zero-order valence-electron chi connectivity index (χ0n) is 12.5. The molecule has 0 saturated heterocycles. The number of nitrogens with zero attached hydrogens (tertiary/aromatic N) is 1. The molecule has 7 nitrogen and oxygen atoms in total. The number of anilines is 3. The molecule has 0 atom stereocenters. The Balaban J connectivity index is 2.09. The van der Waals surface area contributed by atoms with Gasteiger partial charge in [0.15, 0.2) is 11.5 Å². The number of hydrogen-bond donors (Lipinski definition) is 2. The van der Waals surface area contributed by atoms with Crippen LogP contribution in [0.1, 0.15) is 0 Å². The predicted octanol–water partition coefficient (Wildman–Crippen LogP) is 3.02. The Hall–Kier alpha value is -2.96. The summed E-state index contributed by atoms with van der Waals surface area (Å²) in [4.78, 5) is 15.3. The maximum Gasteiger partial charge on any atom is 0.411 e. The lowest BCUT2D eigenvalue weighted by Gasteiger charge is -2.11. The van der Waals surface area contributed by atoms with E-state index in [9.17, 15) is 4.79 Å². The largest absolute Gasteiger partial charge is 0.493 e. The summed E-state index contributed by atoms with van der Waals surface area (Å²) in [7, 11) is 4.46. The van der Waals surface area contributed by atoms with Crippen molar-refractivity contribution < 1.29 is 19.0 Å². The topological polar surface area (TPSA) is 81.7 Å². The number of hydrogen-bond acceptors (Lipinski definition) is 6. The van der Waals surface area contributed by atoms with Gasteiger partial charge in [0.1, 0.15) is 5.82 Å². The molecule has 0 aliphatic carbocycles. The predicted molar refractivity (Wildman–Crippen MR) is 83.1 cm³/mol. The van der Waals surface area contributed by atoms with E-state index in [0.717, 1.165) is 5.69 Å². The minimum Gasteiger partial charge on any atom is -0.493 e. The highest BCUT2D eigenvalue weighted by molar-refractivity contribution is 5.84. The van der Waals surface area contributed by atoms with E-state index in [1.54, 1.807) is 38.5 Å². The smallest absolute Gasteiger partial charge is 0.411 e. The van der Waals surface area contributed by atoms with Crippen molar-refractivity contribution in [1.82, 2.24) is 4.98 Å². The number of pyridine rings is 1. The standard InChI is InChI=1S/C15H17N3O4/c1-20-12-6-4-10(8-13(12)21-2)17-14-7-5-11(9-16-14)18-15(19)22-3/h4-9H,1-3H3,(H,16,17)(H,18,19). The normalized spacial score (nSPS) is 9.77. The number of carbonyl (C=O) groups excluding carboxylic acids is 1. The second-order valence-electron chi connectivity index (χ2n) is 4.24. The minimum atomic E-state index is -0.539. The van der Waals surface area contributed by atoms with Crippen LogP contribution in [0.4, 0.5) is 22.0 Å². The van der Waals surface area contributed by atoms with Crippen molar-refractivity contribution in [2.24, 2.45) is 0 Å². The number of methoxy groups -OCH3 is 3. The van der Waals surface area contributed by atoms with Gasteiger partial charge in [0.25, 0.3) is 0 Å². The van der Waals surface area contributed by atoms with Gasteiger partial charge in [0.2, 0.25) is 0 Å². The number of ether oxygens (including phenoxy) is 3. The first kappa shape index (κ1) is 15.4. The summed E-state index contributed by atoms with van der Waals surface area (Å²) in [5.41, 5.74) is 1.35. The second-order valence-corrected chi connectivity index (χ2v) is 4.24. The molecule has 116 valence electrons. The molecule has 0 fully saturated rings. The zero-order valence-corrected chi connectivity index (χ0v) is 12.5. The van der Waals surface area contributed by atoms with Crippen LogP contribution in [0.15, 0.2) is 36.5 Å². The lowest BCUT2D eigenvalue weighted by Crippen LogP contribution is -2.11. The highest BCUT2D eigenvalue weighted by Crippen LogP contribution is 2.30. The molecular weight excluding hydrogens is 286 g/mol. The van der Waals surface area contributed by atoms with Crippen LogP contribution < -0.4 is 20.1 Å². The van der Waals surface area contributed by atoms with Crippen LogP contribution in [0.25, 0.3) is 0 Å². The van der Waals surface area contributed by atoms with E-state index in [-0.39, 0.29) is 0 Å². The fourth-order valence-electron chi connectivity index (χ4n) is 1.77. The first-order valence-electron chi connectivity index (χ1n) is 6.46. The van der Waals surface area contributed by atoms with Gasteiger partial charge in [-0.3, -0.25) is 5.32 Å². The quantitative estimate of drug-likeness (QED) is 0.883. The Morgan fingerprint density at radius 3 is 2.32 bits per heavy atom. The average molecular weight is 303 g/mol. The van der Waals surface area contributed by atoms with Crippen molar-refractivity contribution in [2.75, 3.05) is 32.0 Å². The molecule has 1 aromatic heterocycles. The lowest BCUT2D eigenvalue weighted by atomic mass is 10.2. The summed E-state index contributed by atoms with van der Waals surface area (Å²) in [6.07, 6.45) is 0.988. The number of aromatic nitrogens is 1. The maximum absolute atomic E-state index is 11.1. The molecule has 0 aliphatic heterocycles. The molecule has 22 heavy (non-hydrogen) atoms. The van der Waals surface area contributed by atoms with E-state index in [1.165, 1.54) is 13.3 Å². The van der Waals surface area contributed by atoms with Crippen LogP contribution in [0.3, 0.4) is 0 Å². The molecule has 2 rings (SSSR count). The van der Waals surface area contributed by atoms with Gasteiger partial charge in [-0.15, -0.1) is 0 Å². The molecule has 2 N–H and O–H groups in total. The van der Waals surface area contributed by atoms with Crippen molar-refractivity contribution in [2.45, 2.75) is 0 Å². The van der Waals surface area contributed by atoms with Gasteiger partial charge < -0.3 is 19.5 Å². The van der Waals surface area contributed by atoms with Crippen LogP contribution in [-0.2, 0) is 4.74 Å². The Morgan fingerprint density at radius 1 is 1.00 bits per heavy atom. The second kappa shape index (κ2) is 7.16. The lowest BCUT2D eigenvalue weighted by molar-refractivity contribution is 0.187. The fourth-order valence-corrected chi connectivity index (χ4v) is 1.77. The Kier molecular flexibility index (Phi) is 5.02. The first-order valence-corrected chi connectivity index (χ1v) is 6.46. The first-order chi connectivity index (χ1) is 10.7. The molecule has 0 saturated carbocycles. The summed E-state index contributed by atoms with van der Waals surface area (Å²) >= 11 is 0. The van der Waals surface area contributed by atoms with E-state index < -0.39 is 6.09 Å². The number of amides is 1. The van der Waals surface area contributed by atoms with Gasteiger partial charge in [-0.2, -0.15) is 0 Å².